The average molecular weight is 183 g/mol. The van der Waals surface area contributed by atoms with E-state index in [9.17, 15) is 0 Å². The predicted octanol–water partition coefficient (Wildman–Crippen LogP) is 0.855. The van der Waals surface area contributed by atoms with E-state index in [4.69, 9.17) is 9.26 Å². The quantitative estimate of drug-likeness (QED) is 0.699. The second-order valence-corrected chi connectivity index (χ2v) is 3.73. The van der Waals surface area contributed by atoms with Crippen LogP contribution in [0, 0.1) is 0 Å². The molecule has 1 aromatic heterocycles. The molecule has 5 heteroatoms. The molecule has 0 spiro atoms. The first kappa shape index (κ1) is 8.65. The molecule has 0 aromatic carbocycles. The fourth-order valence-corrected chi connectivity index (χ4v) is 1.64. The van der Waals surface area contributed by atoms with Crippen LogP contribution in [0.25, 0.3) is 0 Å². The lowest BCUT2D eigenvalue weighted by molar-refractivity contribution is -0.0176. The van der Waals surface area contributed by atoms with E-state index in [0.29, 0.717) is 5.89 Å². The summed E-state index contributed by atoms with van der Waals surface area (Å²) in [6.07, 6.45) is 1.45. The van der Waals surface area contributed by atoms with Crippen LogP contribution in [0.2, 0.25) is 0 Å². The van der Waals surface area contributed by atoms with E-state index in [0.717, 1.165) is 0 Å². The highest BCUT2D eigenvalue weighted by Crippen LogP contribution is 2.29. The smallest absolute Gasteiger partial charge is 0.246 e. The van der Waals surface area contributed by atoms with E-state index < -0.39 is 0 Å². The Kier molecular flexibility index (Phi) is 1.85. The van der Waals surface area contributed by atoms with Gasteiger partial charge in [-0.2, -0.15) is 4.98 Å². The van der Waals surface area contributed by atoms with E-state index in [1.165, 1.54) is 6.33 Å². The van der Waals surface area contributed by atoms with E-state index in [1.54, 1.807) is 0 Å². The third-order valence-corrected chi connectivity index (χ3v) is 2.10. The molecule has 1 saturated heterocycles. The molecule has 2 rings (SSSR count). The third-order valence-electron chi connectivity index (χ3n) is 2.10. The van der Waals surface area contributed by atoms with Crippen molar-refractivity contribution in [2.75, 3.05) is 0 Å². The van der Waals surface area contributed by atoms with Crippen molar-refractivity contribution in [3.63, 3.8) is 0 Å². The van der Waals surface area contributed by atoms with Crippen LogP contribution in [0.5, 0.6) is 0 Å². The maximum Gasteiger partial charge on any atom is 0.246 e. The molecule has 0 amide bonds. The Hall–Kier alpha value is -0.940. The highest BCUT2D eigenvalue weighted by atomic mass is 16.5. The van der Waals surface area contributed by atoms with Gasteiger partial charge in [-0.05, 0) is 20.8 Å². The first-order valence-corrected chi connectivity index (χ1v) is 4.30. The van der Waals surface area contributed by atoms with Crippen molar-refractivity contribution in [3.8, 4) is 0 Å². The van der Waals surface area contributed by atoms with Crippen molar-refractivity contribution in [3.05, 3.63) is 12.2 Å². The van der Waals surface area contributed by atoms with Gasteiger partial charge in [-0.3, -0.25) is 5.32 Å². The van der Waals surface area contributed by atoms with Crippen molar-refractivity contribution >= 4 is 0 Å². The van der Waals surface area contributed by atoms with Crippen LogP contribution in [0.3, 0.4) is 0 Å². The van der Waals surface area contributed by atoms with Gasteiger partial charge in [0.1, 0.15) is 11.8 Å². The molecule has 0 bridgehead atoms. The highest BCUT2D eigenvalue weighted by Gasteiger charge is 2.40. The molecule has 0 unspecified atom stereocenters. The highest BCUT2D eigenvalue weighted by molar-refractivity contribution is 4.98. The number of nitrogens with one attached hydrogen (secondary N) is 1. The largest absolute Gasteiger partial charge is 0.356 e. The van der Waals surface area contributed by atoms with Gasteiger partial charge in [-0.15, -0.1) is 0 Å². The predicted molar refractivity (Wildman–Crippen MR) is 44.8 cm³/mol. The Labute approximate surface area is 76.5 Å². The zero-order valence-corrected chi connectivity index (χ0v) is 7.94. The summed E-state index contributed by atoms with van der Waals surface area (Å²) in [5, 5.41) is 6.83. The first-order chi connectivity index (χ1) is 6.08. The fourth-order valence-electron chi connectivity index (χ4n) is 1.64. The van der Waals surface area contributed by atoms with Crippen LogP contribution in [0.4, 0.5) is 0 Å². The Morgan fingerprint density at radius 2 is 2.31 bits per heavy atom. The monoisotopic (exact) mass is 183 g/mol. The Morgan fingerprint density at radius 3 is 2.77 bits per heavy atom. The van der Waals surface area contributed by atoms with Gasteiger partial charge in [0, 0.05) is 0 Å². The molecule has 1 aliphatic heterocycles. The molecular formula is C8H13N3O2. The molecular weight excluding hydrogens is 170 g/mol. The lowest BCUT2D eigenvalue weighted by Gasteiger charge is -2.17. The van der Waals surface area contributed by atoms with Crippen molar-refractivity contribution in [2.24, 2.45) is 0 Å². The summed E-state index contributed by atoms with van der Waals surface area (Å²) >= 11 is 0. The molecule has 1 fully saturated rings. The Morgan fingerprint density at radius 1 is 1.54 bits per heavy atom. The van der Waals surface area contributed by atoms with E-state index in [-0.39, 0.29) is 17.9 Å². The summed E-state index contributed by atoms with van der Waals surface area (Å²) in [5.41, 5.74) is -0.321. The van der Waals surface area contributed by atoms with Crippen LogP contribution in [0.15, 0.2) is 10.9 Å². The molecule has 13 heavy (non-hydrogen) atoms. The van der Waals surface area contributed by atoms with Gasteiger partial charge >= 0.3 is 0 Å². The molecule has 1 aromatic rings. The van der Waals surface area contributed by atoms with Crippen LogP contribution in [-0.2, 0) is 4.74 Å². The molecule has 0 saturated carbocycles. The summed E-state index contributed by atoms with van der Waals surface area (Å²) in [7, 11) is 0. The average Bonchev–Trinajstić information content (AvgIpc) is 2.56. The summed E-state index contributed by atoms with van der Waals surface area (Å²) in [4.78, 5) is 3.99. The Balaban J connectivity index is 2.19. The maximum absolute atomic E-state index is 5.65. The number of aromatic nitrogens is 2. The molecule has 2 heterocycles. The summed E-state index contributed by atoms with van der Waals surface area (Å²) in [5.74, 6) is 0.582. The van der Waals surface area contributed by atoms with Crippen molar-refractivity contribution in [1.29, 1.82) is 0 Å². The molecule has 0 aliphatic carbocycles. The molecule has 1 aliphatic rings. The molecule has 72 valence electrons. The second-order valence-electron chi connectivity index (χ2n) is 3.73. The van der Waals surface area contributed by atoms with Crippen molar-refractivity contribution in [2.45, 2.75) is 38.6 Å². The molecule has 0 radical (unpaired) electrons. The SMILES string of the molecule is C[C@H]1OC(C)(C)N[C@@H]1c1ncno1. The number of rotatable bonds is 1. The topological polar surface area (TPSA) is 60.2 Å². The van der Waals surface area contributed by atoms with E-state index in [2.05, 4.69) is 15.5 Å². The van der Waals surface area contributed by atoms with E-state index >= 15 is 0 Å². The lowest BCUT2D eigenvalue weighted by atomic mass is 10.2. The summed E-state index contributed by atoms with van der Waals surface area (Å²) in [6, 6.07) is -0.00231. The van der Waals surface area contributed by atoms with Gasteiger partial charge in [-0.1, -0.05) is 5.16 Å². The van der Waals surface area contributed by atoms with Crippen LogP contribution >= 0.6 is 0 Å². The minimum atomic E-state index is -0.321. The van der Waals surface area contributed by atoms with Crippen molar-refractivity contribution in [1.82, 2.24) is 15.5 Å². The van der Waals surface area contributed by atoms with Crippen LogP contribution in [-0.4, -0.2) is 22.0 Å². The molecule has 1 N–H and O–H groups in total. The van der Waals surface area contributed by atoms with E-state index in [1.807, 2.05) is 20.8 Å². The zero-order chi connectivity index (χ0) is 9.47. The lowest BCUT2D eigenvalue weighted by Crippen LogP contribution is -2.34. The number of ether oxygens (including phenoxy) is 1. The number of hydrogen-bond acceptors (Lipinski definition) is 5. The maximum atomic E-state index is 5.65. The number of hydrogen-bond donors (Lipinski definition) is 1. The minimum absolute atomic E-state index is 0.00231. The van der Waals surface area contributed by atoms with Crippen molar-refractivity contribution < 1.29 is 9.26 Å². The standard InChI is InChI=1S/C8H13N3O2/c1-5-6(7-9-4-10-13-7)11-8(2,3)12-5/h4-6,11H,1-3H3/t5-,6+/m1/s1. The molecule has 2 atom stereocenters. The van der Waals surface area contributed by atoms with Gasteiger partial charge in [0.2, 0.25) is 5.89 Å². The van der Waals surface area contributed by atoms with Gasteiger partial charge in [0.25, 0.3) is 0 Å². The van der Waals surface area contributed by atoms with Crippen LogP contribution in [0.1, 0.15) is 32.7 Å². The fraction of sp³-hybridized carbons (Fsp3) is 0.750. The zero-order valence-electron chi connectivity index (χ0n) is 7.94. The summed E-state index contributed by atoms with van der Waals surface area (Å²) in [6.45, 7) is 5.93. The van der Waals surface area contributed by atoms with Gasteiger partial charge < -0.3 is 9.26 Å². The summed E-state index contributed by atoms with van der Waals surface area (Å²) < 4.78 is 10.6. The minimum Gasteiger partial charge on any atom is -0.356 e. The van der Waals surface area contributed by atoms with Crippen LogP contribution < -0.4 is 5.32 Å². The normalized spacial score (nSPS) is 32.2. The number of nitrogens with zero attached hydrogens (tertiary/aromatic N) is 2. The third kappa shape index (κ3) is 1.57. The van der Waals surface area contributed by atoms with Gasteiger partial charge in [0.05, 0.1) is 6.10 Å². The van der Waals surface area contributed by atoms with Gasteiger partial charge in [-0.25, -0.2) is 0 Å². The Bertz CT molecular complexity index is 284. The molecule has 5 nitrogen and oxygen atoms in total. The second kappa shape index (κ2) is 2.78. The first-order valence-electron chi connectivity index (χ1n) is 4.30. The van der Waals surface area contributed by atoms with Gasteiger partial charge in [0.15, 0.2) is 6.33 Å².